The van der Waals surface area contributed by atoms with Gasteiger partial charge in [-0.3, -0.25) is 5.32 Å². The molecule has 0 unspecified atom stereocenters. The van der Waals surface area contributed by atoms with E-state index in [1.54, 1.807) is 13.0 Å². The minimum atomic E-state index is -4.22. The molecule has 1 rings (SSSR count). The number of nitrogens with one attached hydrogen (secondary N) is 2. The lowest BCUT2D eigenvalue weighted by Crippen LogP contribution is -2.34. The average molecular weight is 351 g/mol. The van der Waals surface area contributed by atoms with Crippen molar-refractivity contribution < 1.29 is 27.4 Å². The maximum atomic E-state index is 12.1. The molecule has 1 amide bonds. The standard InChI is InChI=1S/C13H16F3N3O3S/c1-2-21-12(20)19-11(23)18-10-9(5-3-7-17-10)22-8-4-6-13(14,15)16/h3,5,7H,2,4,6,8H2,1H3,(H2,17,18,19,20,23). The van der Waals surface area contributed by atoms with E-state index in [0.717, 1.165) is 0 Å². The third kappa shape index (κ3) is 8.19. The Balaban J connectivity index is 2.53. The van der Waals surface area contributed by atoms with Crippen LogP contribution in [0.4, 0.5) is 23.8 Å². The summed E-state index contributed by atoms with van der Waals surface area (Å²) in [5, 5.41) is 4.81. The molecule has 0 fully saturated rings. The van der Waals surface area contributed by atoms with Gasteiger partial charge in [0.1, 0.15) is 0 Å². The molecule has 0 bridgehead atoms. The molecule has 2 N–H and O–H groups in total. The quantitative estimate of drug-likeness (QED) is 0.606. The van der Waals surface area contributed by atoms with Crippen LogP contribution < -0.4 is 15.4 Å². The molecule has 0 aliphatic rings. The van der Waals surface area contributed by atoms with Crippen LogP contribution in [0.3, 0.4) is 0 Å². The summed E-state index contributed by atoms with van der Waals surface area (Å²) in [7, 11) is 0. The van der Waals surface area contributed by atoms with Crippen molar-refractivity contribution in [3.8, 4) is 5.75 Å². The van der Waals surface area contributed by atoms with Gasteiger partial charge in [0.05, 0.1) is 13.2 Å². The molecular formula is C13H16F3N3O3S. The van der Waals surface area contributed by atoms with Gasteiger partial charge in [-0.25, -0.2) is 9.78 Å². The van der Waals surface area contributed by atoms with Crippen LogP contribution in [0.1, 0.15) is 19.8 Å². The van der Waals surface area contributed by atoms with Crippen LogP contribution in [0, 0.1) is 0 Å². The third-order valence-electron chi connectivity index (χ3n) is 2.36. The number of hydrogen-bond acceptors (Lipinski definition) is 5. The molecule has 0 saturated heterocycles. The van der Waals surface area contributed by atoms with Gasteiger partial charge < -0.3 is 14.8 Å². The second-order valence-corrected chi connectivity index (χ2v) is 4.63. The van der Waals surface area contributed by atoms with Crippen molar-refractivity contribution >= 4 is 29.2 Å². The maximum absolute atomic E-state index is 12.1. The lowest BCUT2D eigenvalue weighted by molar-refractivity contribution is -0.136. The van der Waals surface area contributed by atoms with Crippen molar-refractivity contribution in [3.05, 3.63) is 18.3 Å². The number of aromatic nitrogens is 1. The smallest absolute Gasteiger partial charge is 0.413 e. The van der Waals surface area contributed by atoms with Crippen LogP contribution in [0.15, 0.2) is 18.3 Å². The second kappa shape index (κ2) is 9.13. The van der Waals surface area contributed by atoms with E-state index in [2.05, 4.69) is 20.4 Å². The highest BCUT2D eigenvalue weighted by molar-refractivity contribution is 7.80. The van der Waals surface area contributed by atoms with Gasteiger partial charge in [-0.15, -0.1) is 0 Å². The van der Waals surface area contributed by atoms with E-state index in [4.69, 9.17) is 17.0 Å². The van der Waals surface area contributed by atoms with Crippen molar-refractivity contribution in [2.24, 2.45) is 0 Å². The predicted octanol–water partition coefficient (Wildman–Crippen LogP) is 3.25. The van der Waals surface area contributed by atoms with Crippen molar-refractivity contribution in [3.63, 3.8) is 0 Å². The Labute approximate surface area is 136 Å². The van der Waals surface area contributed by atoms with E-state index in [0.29, 0.717) is 0 Å². The van der Waals surface area contributed by atoms with E-state index in [1.807, 2.05) is 0 Å². The van der Waals surface area contributed by atoms with E-state index in [1.165, 1.54) is 12.3 Å². The van der Waals surface area contributed by atoms with E-state index in [9.17, 15) is 18.0 Å². The number of thiocarbonyl (C=S) groups is 1. The number of carbonyl (C=O) groups excluding carboxylic acids is 1. The Hall–Kier alpha value is -2.10. The number of halogens is 3. The summed E-state index contributed by atoms with van der Waals surface area (Å²) in [4.78, 5) is 15.2. The first-order valence-corrected chi connectivity index (χ1v) is 7.12. The van der Waals surface area contributed by atoms with Gasteiger partial charge in [0, 0.05) is 12.6 Å². The SMILES string of the molecule is CCOC(=O)NC(=S)Nc1ncccc1OCCCC(F)(F)F. The Kier molecular flexibility index (Phi) is 7.52. The zero-order chi connectivity index (χ0) is 17.3. The first kappa shape index (κ1) is 18.9. The first-order valence-electron chi connectivity index (χ1n) is 6.71. The number of anilines is 1. The Morgan fingerprint density at radius 3 is 2.83 bits per heavy atom. The van der Waals surface area contributed by atoms with Gasteiger partial charge in [0.2, 0.25) is 0 Å². The molecule has 23 heavy (non-hydrogen) atoms. The molecule has 1 aromatic rings. The average Bonchev–Trinajstić information content (AvgIpc) is 2.44. The summed E-state index contributed by atoms with van der Waals surface area (Å²) in [6.45, 7) is 1.70. The van der Waals surface area contributed by atoms with Crippen molar-refractivity contribution in [2.45, 2.75) is 25.9 Å². The Morgan fingerprint density at radius 1 is 1.43 bits per heavy atom. The number of pyridine rings is 1. The highest BCUT2D eigenvalue weighted by Crippen LogP contribution is 2.24. The van der Waals surface area contributed by atoms with E-state index < -0.39 is 18.7 Å². The highest BCUT2D eigenvalue weighted by atomic mass is 32.1. The maximum Gasteiger partial charge on any atom is 0.413 e. The normalized spacial score (nSPS) is 10.8. The molecule has 0 aliphatic heterocycles. The number of alkyl carbamates (subject to hydrolysis) is 1. The van der Waals surface area contributed by atoms with Crippen LogP contribution in [0.2, 0.25) is 0 Å². The monoisotopic (exact) mass is 351 g/mol. The van der Waals surface area contributed by atoms with Gasteiger partial charge in [0.25, 0.3) is 0 Å². The van der Waals surface area contributed by atoms with Crippen LogP contribution in [-0.4, -0.2) is 35.6 Å². The van der Waals surface area contributed by atoms with Gasteiger partial charge in [-0.1, -0.05) is 0 Å². The lowest BCUT2D eigenvalue weighted by atomic mass is 10.3. The number of carbonyl (C=O) groups is 1. The van der Waals surface area contributed by atoms with Gasteiger partial charge >= 0.3 is 12.3 Å². The predicted molar refractivity (Wildman–Crippen MR) is 81.4 cm³/mol. The number of amides is 1. The number of rotatable bonds is 6. The highest BCUT2D eigenvalue weighted by Gasteiger charge is 2.26. The molecule has 0 aromatic carbocycles. The number of alkyl halides is 3. The first-order chi connectivity index (χ1) is 10.8. The third-order valence-corrected chi connectivity index (χ3v) is 2.56. The Bertz CT molecular complexity index is 541. The van der Waals surface area contributed by atoms with E-state index >= 15 is 0 Å². The molecule has 1 heterocycles. The number of hydrogen-bond donors (Lipinski definition) is 2. The summed E-state index contributed by atoms with van der Waals surface area (Å²) >= 11 is 4.90. The van der Waals surface area contributed by atoms with Crippen molar-refractivity contribution in [1.82, 2.24) is 10.3 Å². The summed E-state index contributed by atoms with van der Waals surface area (Å²) in [6, 6.07) is 3.09. The molecule has 0 atom stereocenters. The number of nitrogens with zero attached hydrogens (tertiary/aromatic N) is 1. The molecular weight excluding hydrogens is 335 g/mol. The Morgan fingerprint density at radius 2 is 2.17 bits per heavy atom. The molecule has 0 radical (unpaired) electrons. The second-order valence-electron chi connectivity index (χ2n) is 4.22. The zero-order valence-corrected chi connectivity index (χ0v) is 13.1. The minimum absolute atomic E-state index is 0.0673. The summed E-state index contributed by atoms with van der Waals surface area (Å²) in [5.74, 6) is 0.406. The summed E-state index contributed by atoms with van der Waals surface area (Å²) < 4.78 is 46.1. The fourth-order valence-electron chi connectivity index (χ4n) is 1.45. The molecule has 10 heteroatoms. The largest absolute Gasteiger partial charge is 0.490 e. The fourth-order valence-corrected chi connectivity index (χ4v) is 1.63. The summed E-state index contributed by atoms with van der Waals surface area (Å²) in [6.07, 6.45) is -4.61. The van der Waals surface area contributed by atoms with Crippen LogP contribution in [0.5, 0.6) is 5.75 Å². The molecule has 6 nitrogen and oxygen atoms in total. The number of ether oxygens (including phenoxy) is 2. The van der Waals surface area contributed by atoms with Gasteiger partial charge in [-0.2, -0.15) is 13.2 Å². The van der Waals surface area contributed by atoms with Crippen LogP contribution >= 0.6 is 12.2 Å². The topological polar surface area (TPSA) is 72.5 Å². The zero-order valence-electron chi connectivity index (χ0n) is 12.3. The fraction of sp³-hybridized carbons (Fsp3) is 0.462. The molecule has 0 spiro atoms. The van der Waals surface area contributed by atoms with Gasteiger partial charge in [-0.05, 0) is 37.7 Å². The summed E-state index contributed by atoms with van der Waals surface area (Å²) in [5.41, 5.74) is 0. The molecule has 1 aromatic heterocycles. The van der Waals surface area contributed by atoms with Crippen LogP contribution in [0.25, 0.3) is 0 Å². The van der Waals surface area contributed by atoms with Crippen molar-refractivity contribution in [1.29, 1.82) is 0 Å². The van der Waals surface area contributed by atoms with E-state index in [-0.39, 0.29) is 36.3 Å². The van der Waals surface area contributed by atoms with Crippen LogP contribution in [-0.2, 0) is 4.74 Å². The molecule has 0 saturated carbocycles. The molecule has 0 aliphatic carbocycles. The minimum Gasteiger partial charge on any atom is -0.490 e. The van der Waals surface area contributed by atoms with Crippen molar-refractivity contribution in [2.75, 3.05) is 18.5 Å². The molecule has 128 valence electrons. The lowest BCUT2D eigenvalue weighted by Gasteiger charge is -2.13. The van der Waals surface area contributed by atoms with Gasteiger partial charge in [0.15, 0.2) is 16.7 Å².